The van der Waals surface area contributed by atoms with Gasteiger partial charge in [-0.2, -0.15) is 0 Å². The Morgan fingerprint density at radius 1 is 1.44 bits per heavy atom. The second-order valence-corrected chi connectivity index (χ2v) is 7.07. The van der Waals surface area contributed by atoms with Gasteiger partial charge in [-0.25, -0.2) is 4.79 Å². The highest BCUT2D eigenvalue weighted by Crippen LogP contribution is 2.20. The standard InChI is InChI=1S/C16H23N3O5S/c1-9(2)7-12(19-5-6-24-16(19)23)14(21)18-11(15(22)25)8-10-3-4-17-13(10)20/h5-6,9-12H,3-4,7-8H2,1-2H3,(H,17,20)(H,18,21)(H,22,25)/t10-,11-,12-/m0/s1. The van der Waals surface area contributed by atoms with Gasteiger partial charge in [-0.15, -0.1) is 12.6 Å². The second-order valence-electron chi connectivity index (χ2n) is 6.63. The van der Waals surface area contributed by atoms with Crippen molar-refractivity contribution in [3.8, 4) is 0 Å². The first-order valence-electron chi connectivity index (χ1n) is 8.26. The molecule has 9 heteroatoms. The van der Waals surface area contributed by atoms with Crippen LogP contribution in [0.4, 0.5) is 0 Å². The molecule has 3 atom stereocenters. The summed E-state index contributed by atoms with van der Waals surface area (Å²) in [6, 6.07) is -1.68. The summed E-state index contributed by atoms with van der Waals surface area (Å²) in [5, 5.41) is 4.82. The van der Waals surface area contributed by atoms with Gasteiger partial charge in [-0.3, -0.25) is 19.0 Å². The molecule has 1 fully saturated rings. The van der Waals surface area contributed by atoms with E-state index in [0.717, 1.165) is 0 Å². The Morgan fingerprint density at radius 3 is 2.64 bits per heavy atom. The van der Waals surface area contributed by atoms with Crippen molar-refractivity contribution >= 4 is 29.6 Å². The van der Waals surface area contributed by atoms with E-state index in [2.05, 4.69) is 23.3 Å². The van der Waals surface area contributed by atoms with Crippen LogP contribution in [0.25, 0.3) is 0 Å². The Balaban J connectivity index is 2.13. The zero-order valence-corrected chi connectivity index (χ0v) is 15.1. The van der Waals surface area contributed by atoms with Crippen LogP contribution in [0.2, 0.25) is 0 Å². The summed E-state index contributed by atoms with van der Waals surface area (Å²) in [7, 11) is 0. The van der Waals surface area contributed by atoms with E-state index in [9.17, 15) is 19.2 Å². The van der Waals surface area contributed by atoms with Crippen molar-refractivity contribution < 1.29 is 18.8 Å². The fourth-order valence-electron chi connectivity index (χ4n) is 2.94. The normalized spacial score (nSPS) is 19.5. The summed E-state index contributed by atoms with van der Waals surface area (Å²) in [6.07, 6.45) is 3.82. The van der Waals surface area contributed by atoms with Gasteiger partial charge >= 0.3 is 5.76 Å². The SMILES string of the molecule is CC(C)C[C@@H](C(=O)N[C@@H](C[C@@H]1CCNC1=O)C(=O)S)n1ccoc1=O. The lowest BCUT2D eigenvalue weighted by Gasteiger charge is -2.23. The lowest BCUT2D eigenvalue weighted by molar-refractivity contribution is -0.129. The number of aromatic nitrogens is 1. The summed E-state index contributed by atoms with van der Waals surface area (Å²) >= 11 is 3.83. The smallest absolute Gasteiger partial charge is 0.416 e. The minimum atomic E-state index is -0.887. The molecule has 1 aliphatic rings. The molecule has 2 amide bonds. The van der Waals surface area contributed by atoms with E-state index in [1.807, 2.05) is 13.8 Å². The zero-order valence-electron chi connectivity index (χ0n) is 14.2. The van der Waals surface area contributed by atoms with Gasteiger partial charge < -0.3 is 15.1 Å². The molecule has 2 rings (SSSR count). The number of hydrogen-bond acceptors (Lipinski definition) is 5. The Kier molecular flexibility index (Phi) is 6.46. The number of nitrogens with one attached hydrogen (secondary N) is 2. The third-order valence-corrected chi connectivity index (χ3v) is 4.54. The van der Waals surface area contributed by atoms with Gasteiger partial charge in [0.25, 0.3) is 0 Å². The first kappa shape index (κ1) is 19.3. The van der Waals surface area contributed by atoms with Crippen LogP contribution >= 0.6 is 12.6 Å². The van der Waals surface area contributed by atoms with Crippen molar-refractivity contribution in [3.63, 3.8) is 0 Å². The topological polar surface area (TPSA) is 110 Å². The van der Waals surface area contributed by atoms with Crippen LogP contribution in [-0.2, 0) is 14.4 Å². The van der Waals surface area contributed by atoms with Crippen LogP contribution in [0.5, 0.6) is 0 Å². The molecule has 0 radical (unpaired) electrons. The molecule has 1 aromatic rings. The van der Waals surface area contributed by atoms with Crippen LogP contribution < -0.4 is 16.4 Å². The molecule has 0 bridgehead atoms. The van der Waals surface area contributed by atoms with Crippen molar-refractivity contribution in [2.75, 3.05) is 6.54 Å². The molecular formula is C16H23N3O5S. The summed E-state index contributed by atoms with van der Waals surface area (Å²) < 4.78 is 5.95. The highest BCUT2D eigenvalue weighted by molar-refractivity contribution is 7.96. The summed E-state index contributed by atoms with van der Waals surface area (Å²) in [6.45, 7) is 4.41. The molecule has 8 nitrogen and oxygen atoms in total. The first-order valence-corrected chi connectivity index (χ1v) is 8.70. The third-order valence-electron chi connectivity index (χ3n) is 4.23. The Hall–Kier alpha value is -2.03. The highest BCUT2D eigenvalue weighted by Gasteiger charge is 2.32. The molecule has 2 heterocycles. The van der Waals surface area contributed by atoms with Gasteiger partial charge in [0.2, 0.25) is 16.9 Å². The van der Waals surface area contributed by atoms with Crippen LogP contribution in [0, 0.1) is 11.8 Å². The average molecular weight is 369 g/mol. The van der Waals surface area contributed by atoms with Crippen molar-refractivity contribution in [1.29, 1.82) is 0 Å². The molecule has 0 aromatic carbocycles. The Labute approximate surface area is 150 Å². The Bertz CT molecular complexity index is 696. The quantitative estimate of drug-likeness (QED) is 0.578. The fraction of sp³-hybridized carbons (Fsp3) is 0.625. The van der Waals surface area contributed by atoms with Crippen molar-refractivity contribution in [2.45, 2.75) is 45.2 Å². The van der Waals surface area contributed by atoms with Gasteiger partial charge in [0, 0.05) is 18.7 Å². The molecule has 138 valence electrons. The summed E-state index contributed by atoms with van der Waals surface area (Å²) in [5.41, 5.74) is 0. The van der Waals surface area contributed by atoms with Crippen LogP contribution in [-0.4, -0.2) is 34.1 Å². The van der Waals surface area contributed by atoms with Gasteiger partial charge in [0.15, 0.2) is 0 Å². The number of nitrogens with zero attached hydrogens (tertiary/aromatic N) is 1. The highest BCUT2D eigenvalue weighted by atomic mass is 32.1. The molecule has 1 aromatic heterocycles. The molecule has 0 saturated carbocycles. The molecule has 0 aliphatic carbocycles. The molecule has 0 unspecified atom stereocenters. The number of carbonyl (C=O) groups excluding carboxylic acids is 3. The predicted molar refractivity (Wildman–Crippen MR) is 93.1 cm³/mol. The number of hydrogen-bond donors (Lipinski definition) is 3. The Morgan fingerprint density at radius 2 is 2.16 bits per heavy atom. The molecular weight excluding hydrogens is 346 g/mol. The molecule has 25 heavy (non-hydrogen) atoms. The summed E-state index contributed by atoms with van der Waals surface area (Å²) in [4.78, 5) is 48.0. The molecule has 1 aliphatic heterocycles. The maximum Gasteiger partial charge on any atom is 0.419 e. The van der Waals surface area contributed by atoms with Gasteiger partial charge in [0.1, 0.15) is 12.3 Å². The fourth-order valence-corrected chi connectivity index (χ4v) is 3.11. The van der Waals surface area contributed by atoms with Crippen LogP contribution in [0.1, 0.15) is 39.2 Å². The van der Waals surface area contributed by atoms with E-state index in [0.29, 0.717) is 19.4 Å². The minimum Gasteiger partial charge on any atom is -0.416 e. The molecule has 0 spiro atoms. The van der Waals surface area contributed by atoms with Crippen molar-refractivity contribution in [3.05, 3.63) is 23.0 Å². The van der Waals surface area contributed by atoms with Crippen LogP contribution in [0.15, 0.2) is 21.7 Å². The van der Waals surface area contributed by atoms with Gasteiger partial charge in [0.05, 0.1) is 6.04 Å². The van der Waals surface area contributed by atoms with E-state index in [1.165, 1.54) is 17.0 Å². The maximum absolute atomic E-state index is 12.7. The van der Waals surface area contributed by atoms with E-state index < -0.39 is 28.9 Å². The van der Waals surface area contributed by atoms with E-state index in [4.69, 9.17) is 4.42 Å². The van der Waals surface area contributed by atoms with Crippen LogP contribution in [0.3, 0.4) is 0 Å². The third kappa shape index (κ3) is 4.97. The number of oxazole rings is 1. The number of thiol groups is 1. The lowest BCUT2D eigenvalue weighted by Crippen LogP contribution is -2.45. The monoisotopic (exact) mass is 369 g/mol. The number of rotatable bonds is 8. The van der Waals surface area contributed by atoms with Crippen molar-refractivity contribution in [1.82, 2.24) is 15.2 Å². The molecule has 1 saturated heterocycles. The predicted octanol–water partition coefficient (Wildman–Crippen LogP) is 0.496. The van der Waals surface area contributed by atoms with E-state index in [1.54, 1.807) is 0 Å². The van der Waals surface area contributed by atoms with E-state index >= 15 is 0 Å². The van der Waals surface area contributed by atoms with E-state index in [-0.39, 0.29) is 24.2 Å². The molecule has 2 N–H and O–H groups in total. The van der Waals surface area contributed by atoms with Gasteiger partial charge in [-0.1, -0.05) is 13.8 Å². The minimum absolute atomic E-state index is 0.126. The number of amides is 2. The zero-order chi connectivity index (χ0) is 18.6. The largest absolute Gasteiger partial charge is 0.419 e. The second kappa shape index (κ2) is 8.37. The first-order chi connectivity index (χ1) is 11.8. The lowest BCUT2D eigenvalue weighted by atomic mass is 9.98. The summed E-state index contributed by atoms with van der Waals surface area (Å²) in [5.74, 6) is -1.42. The van der Waals surface area contributed by atoms with Crippen molar-refractivity contribution in [2.24, 2.45) is 11.8 Å². The van der Waals surface area contributed by atoms with Gasteiger partial charge in [-0.05, 0) is 25.2 Å². The number of carbonyl (C=O) groups is 3. The maximum atomic E-state index is 12.7. The average Bonchev–Trinajstić information content (AvgIpc) is 3.12.